The van der Waals surface area contributed by atoms with E-state index >= 15 is 0 Å². The van der Waals surface area contributed by atoms with Crippen molar-refractivity contribution < 1.29 is 4.79 Å². The molecule has 0 N–H and O–H groups in total. The molecule has 1 amide bonds. The normalized spacial score (nSPS) is 17.9. The minimum absolute atomic E-state index is 0.00268. The Morgan fingerprint density at radius 3 is 2.80 bits per heavy atom. The van der Waals surface area contributed by atoms with E-state index in [1.54, 1.807) is 35.1 Å². The maximum absolute atomic E-state index is 12.4. The van der Waals surface area contributed by atoms with Gasteiger partial charge in [0.2, 0.25) is 0 Å². The van der Waals surface area contributed by atoms with Crippen molar-refractivity contribution in [2.45, 2.75) is 12.5 Å². The number of carbonyl (C=O) groups is 1. The number of carbonyl (C=O) groups excluding carboxylic acids is 1. The van der Waals surface area contributed by atoms with Crippen LogP contribution in [0.25, 0.3) is 0 Å². The predicted molar refractivity (Wildman–Crippen MR) is 70.7 cm³/mol. The van der Waals surface area contributed by atoms with Gasteiger partial charge in [0.1, 0.15) is 0 Å². The predicted octanol–water partition coefficient (Wildman–Crippen LogP) is 1.24. The number of nitrogens with zero attached hydrogens (tertiary/aromatic N) is 5. The first-order valence-corrected chi connectivity index (χ1v) is 6.43. The fraction of sp³-hybridized carbons (Fsp3) is 0.286. The Morgan fingerprint density at radius 2 is 2.15 bits per heavy atom. The summed E-state index contributed by atoms with van der Waals surface area (Å²) >= 11 is 0. The second-order valence-electron chi connectivity index (χ2n) is 4.77. The molecule has 1 aromatic heterocycles. The molecule has 6 nitrogen and oxygen atoms in total. The van der Waals surface area contributed by atoms with E-state index in [1.807, 2.05) is 17.2 Å². The molecule has 1 unspecified atom stereocenters. The average molecular weight is 267 g/mol. The first-order chi connectivity index (χ1) is 9.78. The summed E-state index contributed by atoms with van der Waals surface area (Å²) < 4.78 is 1.80. The molecule has 6 heteroatoms. The summed E-state index contributed by atoms with van der Waals surface area (Å²) in [6, 6.07) is 8.97. The second-order valence-corrected chi connectivity index (χ2v) is 4.77. The Morgan fingerprint density at radius 1 is 1.35 bits per heavy atom. The lowest BCUT2D eigenvalue weighted by Gasteiger charge is -2.16. The van der Waals surface area contributed by atoms with Crippen molar-refractivity contribution in [3.8, 4) is 6.07 Å². The highest BCUT2D eigenvalue weighted by Gasteiger charge is 2.28. The standard InChI is InChI=1S/C14H13N5O/c15-9-11-1-3-12(4-2-11)14(20)18-7-5-13(10-18)19-8-6-16-17-19/h1-4,6,8,13H,5,7,10H2. The van der Waals surface area contributed by atoms with E-state index in [2.05, 4.69) is 10.3 Å². The molecule has 100 valence electrons. The van der Waals surface area contributed by atoms with Crippen LogP contribution in [0.3, 0.4) is 0 Å². The van der Waals surface area contributed by atoms with Crippen molar-refractivity contribution in [2.24, 2.45) is 0 Å². The Bertz CT molecular complexity index is 641. The van der Waals surface area contributed by atoms with Crippen LogP contribution in [0.1, 0.15) is 28.4 Å². The lowest BCUT2D eigenvalue weighted by atomic mass is 10.1. The van der Waals surface area contributed by atoms with Gasteiger partial charge < -0.3 is 4.90 Å². The molecule has 0 spiro atoms. The molecule has 3 rings (SSSR count). The lowest BCUT2D eigenvalue weighted by Crippen LogP contribution is -2.29. The highest BCUT2D eigenvalue weighted by Crippen LogP contribution is 2.22. The number of hydrogen-bond donors (Lipinski definition) is 0. The van der Waals surface area contributed by atoms with Gasteiger partial charge in [-0.25, -0.2) is 4.68 Å². The molecule has 20 heavy (non-hydrogen) atoms. The van der Waals surface area contributed by atoms with Crippen LogP contribution in [0, 0.1) is 11.3 Å². The van der Waals surface area contributed by atoms with Crippen LogP contribution in [-0.2, 0) is 0 Å². The number of benzene rings is 1. The van der Waals surface area contributed by atoms with E-state index in [4.69, 9.17) is 5.26 Å². The van der Waals surface area contributed by atoms with Gasteiger partial charge in [-0.15, -0.1) is 5.10 Å². The average Bonchev–Trinajstić information content (AvgIpc) is 3.17. The molecule has 1 fully saturated rings. The Labute approximate surface area is 116 Å². The summed E-state index contributed by atoms with van der Waals surface area (Å²) in [7, 11) is 0. The van der Waals surface area contributed by atoms with Gasteiger partial charge in [0, 0.05) is 24.8 Å². The van der Waals surface area contributed by atoms with Crippen molar-refractivity contribution in [2.75, 3.05) is 13.1 Å². The third-order valence-electron chi connectivity index (χ3n) is 3.53. The summed E-state index contributed by atoms with van der Waals surface area (Å²) in [4.78, 5) is 14.2. The van der Waals surface area contributed by atoms with Gasteiger partial charge in [0.25, 0.3) is 5.91 Å². The number of rotatable bonds is 2. The van der Waals surface area contributed by atoms with E-state index in [0.717, 1.165) is 6.42 Å². The van der Waals surface area contributed by atoms with Gasteiger partial charge in [0.15, 0.2) is 0 Å². The summed E-state index contributed by atoms with van der Waals surface area (Å²) in [5.74, 6) is -0.00268. The zero-order valence-corrected chi connectivity index (χ0v) is 10.8. The molecule has 1 atom stereocenters. The maximum atomic E-state index is 12.4. The monoisotopic (exact) mass is 267 g/mol. The van der Waals surface area contributed by atoms with Gasteiger partial charge in [0.05, 0.1) is 23.9 Å². The molecule has 1 aromatic carbocycles. The van der Waals surface area contributed by atoms with Gasteiger partial charge in [-0.1, -0.05) is 5.21 Å². The van der Waals surface area contributed by atoms with Crippen LogP contribution in [0.5, 0.6) is 0 Å². The lowest BCUT2D eigenvalue weighted by molar-refractivity contribution is 0.0787. The summed E-state index contributed by atoms with van der Waals surface area (Å²) in [6.07, 6.45) is 4.34. The first-order valence-electron chi connectivity index (χ1n) is 6.43. The third-order valence-corrected chi connectivity index (χ3v) is 3.53. The molecule has 0 bridgehead atoms. The number of likely N-dealkylation sites (tertiary alicyclic amines) is 1. The number of aromatic nitrogens is 3. The van der Waals surface area contributed by atoms with E-state index in [9.17, 15) is 4.79 Å². The quantitative estimate of drug-likeness (QED) is 0.820. The maximum Gasteiger partial charge on any atom is 0.253 e. The van der Waals surface area contributed by atoms with E-state index < -0.39 is 0 Å². The van der Waals surface area contributed by atoms with Gasteiger partial charge in [-0.3, -0.25) is 4.79 Å². The zero-order valence-electron chi connectivity index (χ0n) is 10.8. The molecule has 2 aromatic rings. The molecule has 0 saturated carbocycles. The topological polar surface area (TPSA) is 74.8 Å². The first kappa shape index (κ1) is 12.4. The van der Waals surface area contributed by atoms with Crippen molar-refractivity contribution in [3.63, 3.8) is 0 Å². The van der Waals surface area contributed by atoms with Crippen LogP contribution in [0.15, 0.2) is 36.7 Å². The Hall–Kier alpha value is -2.68. The van der Waals surface area contributed by atoms with Gasteiger partial charge in [-0.05, 0) is 30.7 Å². The van der Waals surface area contributed by atoms with Crippen molar-refractivity contribution >= 4 is 5.91 Å². The smallest absolute Gasteiger partial charge is 0.253 e. The molecule has 0 aliphatic carbocycles. The number of hydrogen-bond acceptors (Lipinski definition) is 4. The van der Waals surface area contributed by atoms with Crippen LogP contribution < -0.4 is 0 Å². The zero-order chi connectivity index (χ0) is 13.9. The highest BCUT2D eigenvalue weighted by molar-refractivity contribution is 5.94. The summed E-state index contributed by atoms with van der Waals surface area (Å²) in [6.45, 7) is 1.35. The van der Waals surface area contributed by atoms with Crippen molar-refractivity contribution in [1.29, 1.82) is 5.26 Å². The second kappa shape index (κ2) is 5.13. The summed E-state index contributed by atoms with van der Waals surface area (Å²) in [5, 5.41) is 16.5. The van der Waals surface area contributed by atoms with Crippen molar-refractivity contribution in [3.05, 3.63) is 47.8 Å². The molecular formula is C14H13N5O. The molecule has 1 aliphatic rings. The van der Waals surface area contributed by atoms with Gasteiger partial charge >= 0.3 is 0 Å². The SMILES string of the molecule is N#Cc1ccc(C(=O)N2CCC(n3ccnn3)C2)cc1. The largest absolute Gasteiger partial charge is 0.336 e. The minimum atomic E-state index is -0.00268. The Kier molecular flexibility index (Phi) is 3.17. The summed E-state index contributed by atoms with van der Waals surface area (Å²) in [5.41, 5.74) is 1.17. The highest BCUT2D eigenvalue weighted by atomic mass is 16.2. The van der Waals surface area contributed by atoms with Crippen molar-refractivity contribution in [1.82, 2.24) is 19.9 Å². The number of nitriles is 1. The Balaban J connectivity index is 1.71. The molecular weight excluding hydrogens is 254 g/mol. The molecule has 1 aliphatic heterocycles. The fourth-order valence-electron chi connectivity index (χ4n) is 2.42. The van der Waals surface area contributed by atoms with E-state index in [0.29, 0.717) is 24.2 Å². The fourth-order valence-corrected chi connectivity index (χ4v) is 2.42. The molecule has 1 saturated heterocycles. The van der Waals surface area contributed by atoms with E-state index in [-0.39, 0.29) is 11.9 Å². The van der Waals surface area contributed by atoms with Crippen LogP contribution in [0.4, 0.5) is 0 Å². The van der Waals surface area contributed by atoms with Gasteiger partial charge in [-0.2, -0.15) is 5.26 Å². The molecule has 2 heterocycles. The minimum Gasteiger partial charge on any atom is -0.336 e. The molecule has 0 radical (unpaired) electrons. The van der Waals surface area contributed by atoms with E-state index in [1.165, 1.54) is 0 Å². The third kappa shape index (κ3) is 2.26. The van der Waals surface area contributed by atoms with Crippen LogP contribution in [0.2, 0.25) is 0 Å². The number of amides is 1. The van der Waals surface area contributed by atoms with Crippen LogP contribution in [-0.4, -0.2) is 38.9 Å². The van der Waals surface area contributed by atoms with Crippen LogP contribution >= 0.6 is 0 Å².